The van der Waals surface area contributed by atoms with Gasteiger partial charge in [0, 0.05) is 66.2 Å². The van der Waals surface area contributed by atoms with Gasteiger partial charge in [-0.2, -0.15) is 0 Å². The molecule has 2 atom stereocenters. The van der Waals surface area contributed by atoms with E-state index < -0.39 is 5.60 Å². The molecule has 2 aromatic rings. The lowest BCUT2D eigenvalue weighted by Gasteiger charge is -2.41. The van der Waals surface area contributed by atoms with E-state index >= 15 is 0 Å². The third kappa shape index (κ3) is 5.39. The summed E-state index contributed by atoms with van der Waals surface area (Å²) in [6, 6.07) is 12.8. The Morgan fingerprint density at radius 1 is 1.19 bits per heavy atom. The number of allylic oxidation sites excluding steroid dienone is 3. The lowest BCUT2D eigenvalue weighted by Crippen LogP contribution is -2.52. The first-order valence-electron chi connectivity index (χ1n) is 13.0. The number of hydrogen-bond acceptors (Lipinski definition) is 5. The van der Waals surface area contributed by atoms with Gasteiger partial charge in [-0.15, -0.1) is 0 Å². The molecule has 36 heavy (non-hydrogen) atoms. The number of nitrogens with zero attached hydrogens (tertiary/aromatic N) is 3. The van der Waals surface area contributed by atoms with Crippen LogP contribution in [0.15, 0.2) is 72.2 Å². The Bertz CT molecular complexity index is 1180. The molecule has 6 heteroatoms. The number of benzene rings is 1. The third-order valence-corrected chi connectivity index (χ3v) is 7.89. The van der Waals surface area contributed by atoms with Crippen molar-refractivity contribution in [3.63, 3.8) is 0 Å². The minimum Gasteiger partial charge on any atom is -0.487 e. The second-order valence-electron chi connectivity index (χ2n) is 10.7. The van der Waals surface area contributed by atoms with Crippen LogP contribution in [0.25, 0.3) is 5.57 Å². The maximum Gasteiger partial charge on any atom is 0.131 e. The number of aromatic nitrogens is 1. The molecule has 1 N–H and O–H groups in total. The molecule has 190 valence electrons. The number of rotatable bonds is 5. The number of pyridine rings is 1. The number of fused-ring (bicyclic) bond motifs is 1. The van der Waals surface area contributed by atoms with Crippen molar-refractivity contribution in [2.75, 3.05) is 31.1 Å². The Hall–Kier alpha value is -2.60. The van der Waals surface area contributed by atoms with E-state index in [4.69, 9.17) is 16.3 Å². The quantitative estimate of drug-likeness (QED) is 0.552. The Morgan fingerprint density at radius 3 is 2.75 bits per heavy atom. The van der Waals surface area contributed by atoms with Crippen LogP contribution < -0.4 is 4.90 Å². The van der Waals surface area contributed by atoms with Crippen molar-refractivity contribution in [1.29, 1.82) is 0 Å². The van der Waals surface area contributed by atoms with E-state index in [0.29, 0.717) is 12.6 Å². The van der Waals surface area contributed by atoms with E-state index in [2.05, 4.69) is 52.1 Å². The van der Waals surface area contributed by atoms with Crippen LogP contribution >= 0.6 is 11.6 Å². The molecule has 1 aromatic carbocycles. The summed E-state index contributed by atoms with van der Waals surface area (Å²) in [7, 11) is 0. The van der Waals surface area contributed by atoms with Gasteiger partial charge >= 0.3 is 0 Å². The third-order valence-electron chi connectivity index (χ3n) is 7.64. The first kappa shape index (κ1) is 25.1. The molecule has 1 saturated heterocycles. The fraction of sp³-hybridized carbons (Fsp3) is 0.433. The van der Waals surface area contributed by atoms with Gasteiger partial charge in [-0.25, -0.2) is 0 Å². The predicted molar refractivity (Wildman–Crippen MR) is 147 cm³/mol. The van der Waals surface area contributed by atoms with Crippen LogP contribution in [-0.2, 0) is 11.3 Å². The second-order valence-corrected chi connectivity index (χ2v) is 11.1. The zero-order chi connectivity index (χ0) is 25.3. The highest BCUT2D eigenvalue weighted by Crippen LogP contribution is 2.41. The van der Waals surface area contributed by atoms with E-state index in [1.54, 1.807) is 0 Å². The van der Waals surface area contributed by atoms with Crippen molar-refractivity contribution in [2.45, 2.75) is 51.9 Å². The molecule has 3 aliphatic rings. The highest BCUT2D eigenvalue weighted by atomic mass is 35.5. The molecule has 0 spiro atoms. The maximum atomic E-state index is 10.7. The fourth-order valence-corrected chi connectivity index (χ4v) is 5.67. The molecule has 5 nitrogen and oxygen atoms in total. The molecule has 0 bridgehead atoms. The number of hydrogen-bond donors (Lipinski definition) is 1. The first-order valence-corrected chi connectivity index (χ1v) is 13.3. The lowest BCUT2D eigenvalue weighted by molar-refractivity contribution is 0.0358. The van der Waals surface area contributed by atoms with Crippen LogP contribution in [0.5, 0.6) is 0 Å². The summed E-state index contributed by atoms with van der Waals surface area (Å²) in [5.74, 6) is 0.952. The van der Waals surface area contributed by atoms with Crippen LogP contribution in [0.2, 0.25) is 5.02 Å². The minimum absolute atomic E-state index is 0.0447. The molecule has 2 aliphatic heterocycles. The van der Waals surface area contributed by atoms with Crippen LogP contribution in [0.1, 0.15) is 44.9 Å². The smallest absolute Gasteiger partial charge is 0.131 e. The van der Waals surface area contributed by atoms with Crippen molar-refractivity contribution < 1.29 is 9.84 Å². The maximum absolute atomic E-state index is 10.7. The topological polar surface area (TPSA) is 48.8 Å². The first-order chi connectivity index (χ1) is 17.3. The van der Waals surface area contributed by atoms with Gasteiger partial charge in [0.05, 0.1) is 11.3 Å². The highest BCUT2D eigenvalue weighted by molar-refractivity contribution is 6.30. The van der Waals surface area contributed by atoms with E-state index in [9.17, 15) is 5.11 Å². The Kier molecular flexibility index (Phi) is 7.25. The van der Waals surface area contributed by atoms with Gasteiger partial charge in [0.15, 0.2) is 0 Å². The van der Waals surface area contributed by atoms with Gasteiger partial charge in [0.2, 0.25) is 0 Å². The van der Waals surface area contributed by atoms with Crippen molar-refractivity contribution >= 4 is 22.9 Å². The monoisotopic (exact) mass is 505 g/mol. The lowest BCUT2D eigenvalue weighted by atomic mass is 9.78. The molecule has 5 rings (SSSR count). The average molecular weight is 506 g/mol. The van der Waals surface area contributed by atoms with Crippen molar-refractivity contribution in [2.24, 2.45) is 5.92 Å². The molecule has 1 aliphatic carbocycles. The Balaban J connectivity index is 1.32. The second kappa shape index (κ2) is 10.4. The standard InChI is InChI=1S/C30H36ClN3O2/c1-21-19-33(16-17-34(21)24-11-9-23(31)10-12-24)15-5-7-25-26-6-4-14-32-28(26)20-36-29-13-8-22(18-27(25)29)30(2,3)35/h4,6-14,21-22,35H,5,15-20H2,1-3H3/b25-7+/t21-,22?/m1/s1. The van der Waals surface area contributed by atoms with E-state index in [1.807, 2.05) is 44.3 Å². The predicted octanol–water partition coefficient (Wildman–Crippen LogP) is 5.85. The molecule has 1 aromatic heterocycles. The molecular formula is C30H36ClN3O2. The number of aliphatic hydroxyl groups is 1. The van der Waals surface area contributed by atoms with Gasteiger partial charge in [-0.05, 0) is 75.6 Å². The van der Waals surface area contributed by atoms with E-state index in [-0.39, 0.29) is 5.92 Å². The van der Waals surface area contributed by atoms with Crippen LogP contribution in [0, 0.1) is 5.92 Å². The number of piperazine rings is 1. The van der Waals surface area contributed by atoms with E-state index in [0.717, 1.165) is 61.1 Å². The fourth-order valence-electron chi connectivity index (χ4n) is 5.54. The zero-order valence-corrected chi connectivity index (χ0v) is 22.2. The molecule has 3 heterocycles. The van der Waals surface area contributed by atoms with E-state index in [1.165, 1.54) is 16.8 Å². The van der Waals surface area contributed by atoms with Crippen LogP contribution in [0.4, 0.5) is 5.69 Å². The van der Waals surface area contributed by atoms with Crippen LogP contribution in [0.3, 0.4) is 0 Å². The molecule has 1 fully saturated rings. The zero-order valence-electron chi connectivity index (χ0n) is 21.5. The highest BCUT2D eigenvalue weighted by Gasteiger charge is 2.32. The van der Waals surface area contributed by atoms with Gasteiger partial charge in [0.1, 0.15) is 12.4 Å². The number of halogens is 1. The largest absolute Gasteiger partial charge is 0.487 e. The summed E-state index contributed by atoms with van der Waals surface area (Å²) in [6.45, 7) is 10.6. The van der Waals surface area contributed by atoms with Crippen LogP contribution in [-0.4, -0.2) is 52.8 Å². The summed E-state index contributed by atoms with van der Waals surface area (Å²) in [6.07, 6.45) is 10.0. The summed E-state index contributed by atoms with van der Waals surface area (Å²) >= 11 is 6.08. The number of anilines is 1. The average Bonchev–Trinajstić information content (AvgIpc) is 3.01. The Morgan fingerprint density at radius 2 is 2.00 bits per heavy atom. The normalized spacial score (nSPS) is 23.8. The minimum atomic E-state index is -0.788. The summed E-state index contributed by atoms with van der Waals surface area (Å²) in [5, 5.41) is 11.5. The van der Waals surface area contributed by atoms with Gasteiger partial charge < -0.3 is 14.7 Å². The molecule has 1 unspecified atom stereocenters. The molecular weight excluding hydrogens is 470 g/mol. The Labute approximate surface area is 219 Å². The summed E-state index contributed by atoms with van der Waals surface area (Å²) in [5.41, 5.74) is 4.95. The van der Waals surface area contributed by atoms with Gasteiger partial charge in [-0.1, -0.05) is 29.8 Å². The summed E-state index contributed by atoms with van der Waals surface area (Å²) in [4.78, 5) is 9.64. The SMILES string of the molecule is C[C@@H]1CN(CC/C=C2/C3=C(C=CC(C(C)(C)O)C3)OCc3ncccc32)CCN1c1ccc(Cl)cc1. The van der Waals surface area contributed by atoms with Gasteiger partial charge in [0.25, 0.3) is 0 Å². The van der Waals surface area contributed by atoms with Crippen molar-refractivity contribution in [3.8, 4) is 0 Å². The molecule has 0 radical (unpaired) electrons. The van der Waals surface area contributed by atoms with Crippen molar-refractivity contribution in [3.05, 3.63) is 88.4 Å². The number of ether oxygens (including phenoxy) is 1. The molecule has 0 saturated carbocycles. The van der Waals surface area contributed by atoms with Crippen molar-refractivity contribution in [1.82, 2.24) is 9.88 Å². The van der Waals surface area contributed by atoms with Gasteiger partial charge in [-0.3, -0.25) is 9.88 Å². The molecule has 0 amide bonds. The summed E-state index contributed by atoms with van der Waals surface area (Å²) < 4.78 is 6.18.